The highest BCUT2D eigenvalue weighted by Gasteiger charge is 2.20. The van der Waals surface area contributed by atoms with Gasteiger partial charge in [0.2, 0.25) is 6.79 Å². The minimum Gasteiger partial charge on any atom is -0.454 e. The van der Waals surface area contributed by atoms with Crippen molar-refractivity contribution < 1.29 is 9.47 Å². The number of piperazine rings is 1. The average molecular weight is 269 g/mol. The van der Waals surface area contributed by atoms with Gasteiger partial charge in [0.15, 0.2) is 11.5 Å². The van der Waals surface area contributed by atoms with Crippen molar-refractivity contribution >= 4 is 11.6 Å². The Morgan fingerprint density at radius 2 is 2.06 bits per heavy atom. The van der Waals surface area contributed by atoms with Gasteiger partial charge in [0.1, 0.15) is 0 Å². The molecule has 0 unspecified atom stereocenters. The van der Waals surface area contributed by atoms with Gasteiger partial charge in [-0.15, -0.1) is 0 Å². The van der Waals surface area contributed by atoms with Crippen LogP contribution in [0.4, 0.5) is 0 Å². The number of halogens is 1. The first-order chi connectivity index (χ1) is 8.84. The van der Waals surface area contributed by atoms with Crippen LogP contribution in [0.1, 0.15) is 5.56 Å². The van der Waals surface area contributed by atoms with Crippen molar-refractivity contribution in [3.8, 4) is 11.5 Å². The van der Waals surface area contributed by atoms with Gasteiger partial charge in [-0.05, 0) is 18.1 Å². The molecule has 2 aliphatic rings. The van der Waals surface area contributed by atoms with Gasteiger partial charge in [0, 0.05) is 32.7 Å². The van der Waals surface area contributed by atoms with E-state index in [1.54, 1.807) is 0 Å². The maximum absolute atomic E-state index is 6.34. The van der Waals surface area contributed by atoms with Crippen molar-refractivity contribution in [1.29, 1.82) is 0 Å². The number of benzene rings is 1. The monoisotopic (exact) mass is 268 g/mol. The van der Waals surface area contributed by atoms with Crippen LogP contribution in [0.15, 0.2) is 12.1 Å². The molecule has 1 aromatic rings. The SMILES string of the molecule is Clc1c(CCN2CCNCC2)ccc2c1OCO2. The summed E-state index contributed by atoms with van der Waals surface area (Å²) in [4.78, 5) is 2.46. The number of ether oxygens (including phenoxy) is 2. The molecule has 5 heteroatoms. The highest BCUT2D eigenvalue weighted by Crippen LogP contribution is 2.40. The van der Waals surface area contributed by atoms with Gasteiger partial charge in [-0.2, -0.15) is 0 Å². The molecule has 0 amide bonds. The fraction of sp³-hybridized carbons (Fsp3) is 0.538. The van der Waals surface area contributed by atoms with Crippen molar-refractivity contribution in [3.63, 3.8) is 0 Å². The Morgan fingerprint density at radius 1 is 1.22 bits per heavy atom. The maximum atomic E-state index is 6.34. The van der Waals surface area contributed by atoms with Crippen molar-refractivity contribution in [2.24, 2.45) is 0 Å². The zero-order valence-electron chi connectivity index (χ0n) is 10.2. The van der Waals surface area contributed by atoms with Crippen LogP contribution >= 0.6 is 11.6 Å². The Hall–Kier alpha value is -0.970. The molecule has 1 fully saturated rings. The fourth-order valence-corrected chi connectivity index (χ4v) is 2.69. The molecule has 0 radical (unpaired) electrons. The molecule has 0 atom stereocenters. The lowest BCUT2D eigenvalue weighted by molar-refractivity contribution is 0.174. The minimum atomic E-state index is 0.274. The van der Waals surface area contributed by atoms with Gasteiger partial charge in [0.25, 0.3) is 0 Å². The van der Waals surface area contributed by atoms with E-state index in [1.165, 1.54) is 0 Å². The lowest BCUT2D eigenvalue weighted by atomic mass is 10.1. The summed E-state index contributed by atoms with van der Waals surface area (Å²) in [5.41, 5.74) is 1.14. The zero-order valence-corrected chi connectivity index (χ0v) is 11.0. The molecule has 2 heterocycles. The second-order valence-electron chi connectivity index (χ2n) is 4.61. The van der Waals surface area contributed by atoms with Crippen molar-refractivity contribution in [2.75, 3.05) is 39.5 Å². The summed E-state index contributed by atoms with van der Waals surface area (Å²) in [6, 6.07) is 3.99. The Bertz CT molecular complexity index is 433. The van der Waals surface area contributed by atoms with E-state index in [9.17, 15) is 0 Å². The first-order valence-corrected chi connectivity index (χ1v) is 6.72. The second-order valence-corrected chi connectivity index (χ2v) is 4.99. The van der Waals surface area contributed by atoms with Gasteiger partial charge >= 0.3 is 0 Å². The van der Waals surface area contributed by atoms with E-state index in [1.807, 2.05) is 12.1 Å². The number of nitrogens with zero attached hydrogens (tertiary/aromatic N) is 1. The third-order valence-corrected chi connectivity index (χ3v) is 3.88. The summed E-state index contributed by atoms with van der Waals surface area (Å²) in [6.07, 6.45) is 0.954. The van der Waals surface area contributed by atoms with Crippen LogP contribution in [0.2, 0.25) is 5.02 Å². The van der Waals surface area contributed by atoms with E-state index in [0.717, 1.165) is 50.5 Å². The Balaban J connectivity index is 1.65. The van der Waals surface area contributed by atoms with Crippen LogP contribution in [0.3, 0.4) is 0 Å². The van der Waals surface area contributed by atoms with Gasteiger partial charge in [-0.3, -0.25) is 0 Å². The van der Waals surface area contributed by atoms with Crippen molar-refractivity contribution in [3.05, 3.63) is 22.7 Å². The summed E-state index contributed by atoms with van der Waals surface area (Å²) >= 11 is 6.34. The topological polar surface area (TPSA) is 33.7 Å². The fourth-order valence-electron chi connectivity index (χ4n) is 2.39. The van der Waals surface area contributed by atoms with Crippen LogP contribution in [0.25, 0.3) is 0 Å². The molecular weight excluding hydrogens is 252 g/mol. The molecule has 0 aromatic heterocycles. The second kappa shape index (κ2) is 5.34. The summed E-state index contributed by atoms with van der Waals surface area (Å²) < 4.78 is 10.7. The molecule has 18 heavy (non-hydrogen) atoms. The molecule has 98 valence electrons. The largest absolute Gasteiger partial charge is 0.454 e. The highest BCUT2D eigenvalue weighted by molar-refractivity contribution is 6.33. The Kier molecular flexibility index (Phi) is 3.59. The van der Waals surface area contributed by atoms with E-state index in [0.29, 0.717) is 10.8 Å². The van der Waals surface area contributed by atoms with E-state index in [-0.39, 0.29) is 6.79 Å². The quantitative estimate of drug-likeness (QED) is 0.901. The number of hydrogen-bond donors (Lipinski definition) is 1. The molecule has 1 aromatic carbocycles. The summed E-state index contributed by atoms with van der Waals surface area (Å²) in [5.74, 6) is 1.46. The third-order valence-electron chi connectivity index (χ3n) is 3.47. The summed E-state index contributed by atoms with van der Waals surface area (Å²) in [7, 11) is 0. The standard InChI is InChI=1S/C13H17ClN2O2/c14-12-10(1-2-11-13(12)18-9-17-11)3-6-16-7-4-15-5-8-16/h1-2,15H,3-9H2. The van der Waals surface area contributed by atoms with Gasteiger partial charge < -0.3 is 19.7 Å². The lowest BCUT2D eigenvalue weighted by Gasteiger charge is -2.27. The predicted octanol–water partition coefficient (Wildman–Crippen LogP) is 1.52. The Morgan fingerprint density at radius 3 is 2.89 bits per heavy atom. The Labute approximate surface area is 112 Å². The van der Waals surface area contributed by atoms with Crippen LogP contribution in [0.5, 0.6) is 11.5 Å². The van der Waals surface area contributed by atoms with Gasteiger partial charge in [0.05, 0.1) is 5.02 Å². The molecular formula is C13H17ClN2O2. The normalized spacial score (nSPS) is 19.2. The number of fused-ring (bicyclic) bond motifs is 1. The minimum absolute atomic E-state index is 0.274. The highest BCUT2D eigenvalue weighted by atomic mass is 35.5. The van der Waals surface area contributed by atoms with Crippen LogP contribution in [0, 0.1) is 0 Å². The smallest absolute Gasteiger partial charge is 0.231 e. The van der Waals surface area contributed by atoms with E-state index in [4.69, 9.17) is 21.1 Å². The number of hydrogen-bond acceptors (Lipinski definition) is 4. The molecule has 0 spiro atoms. The van der Waals surface area contributed by atoms with E-state index < -0.39 is 0 Å². The molecule has 0 saturated carbocycles. The molecule has 1 saturated heterocycles. The maximum Gasteiger partial charge on any atom is 0.231 e. The molecule has 3 rings (SSSR count). The molecule has 0 bridgehead atoms. The van der Waals surface area contributed by atoms with Crippen LogP contribution < -0.4 is 14.8 Å². The molecule has 0 aliphatic carbocycles. The molecule has 2 aliphatic heterocycles. The number of nitrogens with one attached hydrogen (secondary N) is 1. The first kappa shape index (κ1) is 12.1. The first-order valence-electron chi connectivity index (χ1n) is 6.34. The average Bonchev–Trinajstić information content (AvgIpc) is 2.88. The van der Waals surface area contributed by atoms with E-state index >= 15 is 0 Å². The molecule has 4 nitrogen and oxygen atoms in total. The van der Waals surface area contributed by atoms with Gasteiger partial charge in [-0.1, -0.05) is 17.7 Å². The van der Waals surface area contributed by atoms with Crippen LogP contribution in [-0.4, -0.2) is 44.4 Å². The van der Waals surface area contributed by atoms with Crippen LogP contribution in [-0.2, 0) is 6.42 Å². The zero-order chi connectivity index (χ0) is 12.4. The number of rotatable bonds is 3. The third kappa shape index (κ3) is 2.41. The van der Waals surface area contributed by atoms with Crippen molar-refractivity contribution in [1.82, 2.24) is 10.2 Å². The van der Waals surface area contributed by atoms with Crippen molar-refractivity contribution in [2.45, 2.75) is 6.42 Å². The lowest BCUT2D eigenvalue weighted by Crippen LogP contribution is -2.44. The molecule has 1 N–H and O–H groups in total. The van der Waals surface area contributed by atoms with E-state index in [2.05, 4.69) is 10.2 Å². The predicted molar refractivity (Wildman–Crippen MR) is 70.6 cm³/mol. The summed E-state index contributed by atoms with van der Waals surface area (Å²) in [5, 5.41) is 4.06. The van der Waals surface area contributed by atoms with Gasteiger partial charge in [-0.25, -0.2) is 0 Å². The summed E-state index contributed by atoms with van der Waals surface area (Å²) in [6.45, 7) is 5.70.